The predicted molar refractivity (Wildman–Crippen MR) is 115 cm³/mol. The van der Waals surface area contributed by atoms with E-state index in [1.54, 1.807) is 42.1 Å². The summed E-state index contributed by atoms with van der Waals surface area (Å²) in [6.07, 6.45) is 2.13. The molecule has 3 aromatic rings. The smallest absolute Gasteiger partial charge is 0.326 e. The van der Waals surface area contributed by atoms with Crippen molar-refractivity contribution in [2.24, 2.45) is 0 Å². The van der Waals surface area contributed by atoms with E-state index in [0.29, 0.717) is 5.69 Å². The maximum atomic E-state index is 12.4. The average molecular weight is 423 g/mol. The van der Waals surface area contributed by atoms with Crippen LogP contribution in [0, 0.1) is 0 Å². The van der Waals surface area contributed by atoms with Gasteiger partial charge in [0.05, 0.1) is 5.69 Å². The fourth-order valence-corrected chi connectivity index (χ4v) is 3.31. The van der Waals surface area contributed by atoms with Crippen LogP contribution in [0.4, 0.5) is 0 Å². The summed E-state index contributed by atoms with van der Waals surface area (Å²) >= 11 is 1.62. The molecule has 0 aliphatic heterocycles. The number of nitrogens with zero attached hydrogens (tertiary/aromatic N) is 2. The molecule has 154 valence electrons. The van der Waals surface area contributed by atoms with Crippen LogP contribution in [-0.2, 0) is 22.6 Å². The Morgan fingerprint density at radius 1 is 1.07 bits per heavy atom. The SMILES string of the molecule is CSc1ccc(-c2ccc(=O)n(CC(=O)N[C@@H](Cc3ccccc3)C(=O)O)n2)cc1. The number of rotatable bonds is 8. The van der Waals surface area contributed by atoms with Gasteiger partial charge in [-0.25, -0.2) is 9.48 Å². The highest BCUT2D eigenvalue weighted by molar-refractivity contribution is 7.98. The van der Waals surface area contributed by atoms with Crippen molar-refractivity contribution in [1.82, 2.24) is 15.1 Å². The maximum absolute atomic E-state index is 12.4. The number of hydrogen-bond acceptors (Lipinski definition) is 5. The van der Waals surface area contributed by atoms with Gasteiger partial charge in [0.15, 0.2) is 0 Å². The Labute approximate surface area is 177 Å². The first-order valence-corrected chi connectivity index (χ1v) is 10.5. The molecule has 1 heterocycles. The number of carboxylic acids is 1. The van der Waals surface area contributed by atoms with Crippen molar-refractivity contribution in [2.45, 2.75) is 23.9 Å². The van der Waals surface area contributed by atoms with Crippen molar-refractivity contribution < 1.29 is 14.7 Å². The quantitative estimate of drug-likeness (QED) is 0.540. The number of carbonyl (C=O) groups is 2. The van der Waals surface area contributed by atoms with Crippen LogP contribution in [-0.4, -0.2) is 39.1 Å². The number of hydrogen-bond donors (Lipinski definition) is 2. The first-order chi connectivity index (χ1) is 14.5. The molecule has 1 atom stereocenters. The highest BCUT2D eigenvalue weighted by atomic mass is 32.2. The number of aliphatic carboxylic acids is 1. The van der Waals surface area contributed by atoms with Crippen molar-refractivity contribution in [3.63, 3.8) is 0 Å². The molecule has 0 aliphatic rings. The van der Waals surface area contributed by atoms with Gasteiger partial charge in [0, 0.05) is 22.9 Å². The van der Waals surface area contributed by atoms with E-state index in [4.69, 9.17) is 0 Å². The molecule has 0 unspecified atom stereocenters. The molecule has 7 nitrogen and oxygen atoms in total. The molecule has 0 aliphatic carbocycles. The topological polar surface area (TPSA) is 101 Å². The number of carbonyl (C=O) groups excluding carboxylic acids is 1. The Bertz CT molecular complexity index is 1080. The second-order valence-electron chi connectivity index (χ2n) is 6.59. The van der Waals surface area contributed by atoms with Crippen molar-refractivity contribution in [3.8, 4) is 11.3 Å². The minimum absolute atomic E-state index is 0.145. The van der Waals surface area contributed by atoms with E-state index in [-0.39, 0.29) is 13.0 Å². The normalized spacial score (nSPS) is 11.6. The minimum atomic E-state index is -1.14. The number of aromatic nitrogens is 2. The Balaban J connectivity index is 1.73. The van der Waals surface area contributed by atoms with Crippen LogP contribution in [0.25, 0.3) is 11.3 Å². The molecule has 3 rings (SSSR count). The van der Waals surface area contributed by atoms with Crippen LogP contribution < -0.4 is 10.9 Å². The van der Waals surface area contributed by atoms with Gasteiger partial charge in [0.2, 0.25) is 5.91 Å². The van der Waals surface area contributed by atoms with Crippen LogP contribution in [0.2, 0.25) is 0 Å². The van der Waals surface area contributed by atoms with Gasteiger partial charge in [-0.15, -0.1) is 11.8 Å². The molecule has 2 N–H and O–H groups in total. The lowest BCUT2D eigenvalue weighted by Gasteiger charge is -2.15. The third-order valence-electron chi connectivity index (χ3n) is 4.46. The van der Waals surface area contributed by atoms with Crippen LogP contribution in [0.3, 0.4) is 0 Å². The summed E-state index contributed by atoms with van der Waals surface area (Å²) in [6.45, 7) is -0.367. The van der Waals surface area contributed by atoms with Gasteiger partial charge in [-0.3, -0.25) is 9.59 Å². The van der Waals surface area contributed by atoms with Gasteiger partial charge in [0.1, 0.15) is 12.6 Å². The van der Waals surface area contributed by atoms with Gasteiger partial charge in [-0.2, -0.15) is 5.10 Å². The van der Waals surface area contributed by atoms with E-state index < -0.39 is 23.5 Å². The van der Waals surface area contributed by atoms with Gasteiger partial charge in [-0.1, -0.05) is 42.5 Å². The van der Waals surface area contributed by atoms with Crippen molar-refractivity contribution in [3.05, 3.63) is 82.6 Å². The lowest BCUT2D eigenvalue weighted by Crippen LogP contribution is -2.44. The first-order valence-electron chi connectivity index (χ1n) is 9.25. The maximum Gasteiger partial charge on any atom is 0.326 e. The summed E-state index contributed by atoms with van der Waals surface area (Å²) in [7, 11) is 0. The molecule has 0 bridgehead atoms. The molecular weight excluding hydrogens is 402 g/mol. The van der Waals surface area contributed by atoms with Gasteiger partial charge in [0.25, 0.3) is 5.56 Å². The minimum Gasteiger partial charge on any atom is -0.480 e. The summed E-state index contributed by atoms with van der Waals surface area (Å²) < 4.78 is 1.04. The lowest BCUT2D eigenvalue weighted by molar-refractivity contribution is -0.141. The summed E-state index contributed by atoms with van der Waals surface area (Å²) in [5.74, 6) is -1.74. The number of benzene rings is 2. The summed E-state index contributed by atoms with van der Waals surface area (Å²) in [6, 6.07) is 18.5. The van der Waals surface area contributed by atoms with Crippen LogP contribution in [0.15, 0.2) is 76.4 Å². The Morgan fingerprint density at radius 2 is 1.77 bits per heavy atom. The van der Waals surface area contributed by atoms with Gasteiger partial charge in [-0.05, 0) is 30.0 Å². The van der Waals surface area contributed by atoms with E-state index in [1.807, 2.05) is 36.6 Å². The summed E-state index contributed by atoms with van der Waals surface area (Å²) in [5, 5.41) is 16.2. The number of nitrogens with one attached hydrogen (secondary N) is 1. The standard InChI is InChI=1S/C22H21N3O4S/c1-30-17-9-7-16(8-10-17)18-11-12-21(27)25(24-18)14-20(26)23-19(22(28)29)13-15-5-3-2-4-6-15/h2-12,19H,13-14H2,1H3,(H,23,26)(H,28,29)/t19-/m0/s1. The van der Waals surface area contributed by atoms with E-state index in [1.165, 1.54) is 6.07 Å². The zero-order chi connectivity index (χ0) is 21.5. The number of thioether (sulfide) groups is 1. The van der Waals surface area contributed by atoms with E-state index >= 15 is 0 Å². The second-order valence-corrected chi connectivity index (χ2v) is 7.47. The largest absolute Gasteiger partial charge is 0.480 e. The molecule has 0 radical (unpaired) electrons. The van der Waals surface area contributed by atoms with Gasteiger partial charge < -0.3 is 10.4 Å². The number of amides is 1. The van der Waals surface area contributed by atoms with Crippen LogP contribution in [0.1, 0.15) is 5.56 Å². The summed E-state index contributed by atoms with van der Waals surface area (Å²) in [5.41, 5.74) is 1.71. The van der Waals surface area contributed by atoms with Crippen molar-refractivity contribution in [1.29, 1.82) is 0 Å². The monoisotopic (exact) mass is 423 g/mol. The molecular formula is C22H21N3O4S. The van der Waals surface area contributed by atoms with Gasteiger partial charge >= 0.3 is 5.97 Å². The molecule has 8 heteroatoms. The third kappa shape index (κ3) is 5.57. The highest BCUT2D eigenvalue weighted by Gasteiger charge is 2.21. The van der Waals surface area contributed by atoms with E-state index in [2.05, 4.69) is 10.4 Å². The summed E-state index contributed by atoms with van der Waals surface area (Å²) in [4.78, 5) is 37.2. The fraction of sp³-hybridized carbons (Fsp3) is 0.182. The Hall–Kier alpha value is -3.39. The molecule has 2 aromatic carbocycles. The zero-order valence-corrected chi connectivity index (χ0v) is 17.1. The van der Waals surface area contributed by atoms with E-state index in [9.17, 15) is 19.5 Å². The first kappa shape index (κ1) is 21.3. The van der Waals surface area contributed by atoms with Crippen molar-refractivity contribution >= 4 is 23.6 Å². The molecule has 0 saturated carbocycles. The predicted octanol–water partition coefficient (Wildman–Crippen LogP) is 2.44. The molecule has 0 spiro atoms. The molecule has 30 heavy (non-hydrogen) atoms. The second kappa shape index (κ2) is 9.89. The number of carboxylic acid groups (broad SMARTS) is 1. The van der Waals surface area contributed by atoms with E-state index in [0.717, 1.165) is 20.7 Å². The molecule has 0 fully saturated rings. The fourth-order valence-electron chi connectivity index (χ4n) is 2.90. The third-order valence-corrected chi connectivity index (χ3v) is 5.21. The Kier molecular flexibility index (Phi) is 7.03. The molecule has 0 saturated heterocycles. The molecule has 1 aromatic heterocycles. The van der Waals surface area contributed by atoms with Crippen LogP contribution in [0.5, 0.6) is 0 Å². The van der Waals surface area contributed by atoms with Crippen LogP contribution >= 0.6 is 11.8 Å². The lowest BCUT2D eigenvalue weighted by atomic mass is 10.1. The van der Waals surface area contributed by atoms with Crippen molar-refractivity contribution in [2.75, 3.05) is 6.26 Å². The molecule has 1 amide bonds. The average Bonchev–Trinajstić information content (AvgIpc) is 2.75. The zero-order valence-electron chi connectivity index (χ0n) is 16.3. The highest BCUT2D eigenvalue weighted by Crippen LogP contribution is 2.20. The Morgan fingerprint density at radius 3 is 2.40 bits per heavy atom.